The SMILES string of the molecule is C=C(C(=O)O)c1c(Cc2cc(C)cc(C(C)(C)C)c2O)cc(C)cc1C(C)(C)C. The third kappa shape index (κ3) is 4.90. The van der Waals surface area contributed by atoms with E-state index < -0.39 is 5.97 Å². The van der Waals surface area contributed by atoms with E-state index in [1.165, 1.54) is 0 Å². The molecular formula is C26H34O3. The number of phenolic OH excluding ortho intramolecular Hbond substituents is 1. The van der Waals surface area contributed by atoms with Crippen molar-refractivity contribution in [3.8, 4) is 5.75 Å². The first kappa shape index (κ1) is 22.7. The predicted octanol–water partition coefficient (Wildman–Crippen LogP) is 6.29. The normalized spacial score (nSPS) is 12.1. The molecule has 156 valence electrons. The predicted molar refractivity (Wildman–Crippen MR) is 121 cm³/mol. The van der Waals surface area contributed by atoms with Crippen LogP contribution in [0.2, 0.25) is 0 Å². The molecule has 0 radical (unpaired) electrons. The molecule has 29 heavy (non-hydrogen) atoms. The van der Waals surface area contributed by atoms with Crippen LogP contribution >= 0.6 is 0 Å². The smallest absolute Gasteiger partial charge is 0.335 e. The number of carbonyl (C=O) groups is 1. The Morgan fingerprint density at radius 3 is 1.76 bits per heavy atom. The summed E-state index contributed by atoms with van der Waals surface area (Å²) in [4.78, 5) is 11.8. The number of carboxylic acid groups (broad SMARTS) is 1. The lowest BCUT2D eigenvalue weighted by molar-refractivity contribution is -0.130. The number of carboxylic acids is 1. The summed E-state index contributed by atoms with van der Waals surface area (Å²) in [7, 11) is 0. The molecule has 2 aromatic carbocycles. The number of phenols is 1. The van der Waals surface area contributed by atoms with Crippen molar-refractivity contribution in [2.75, 3.05) is 0 Å². The first-order chi connectivity index (χ1) is 13.1. The zero-order valence-corrected chi connectivity index (χ0v) is 19.0. The molecule has 2 aromatic rings. The van der Waals surface area contributed by atoms with E-state index in [-0.39, 0.29) is 22.2 Å². The Kier molecular flexibility index (Phi) is 6.04. The third-order valence-electron chi connectivity index (χ3n) is 5.25. The van der Waals surface area contributed by atoms with Gasteiger partial charge in [-0.15, -0.1) is 0 Å². The maximum Gasteiger partial charge on any atom is 0.335 e. The maximum absolute atomic E-state index is 11.8. The summed E-state index contributed by atoms with van der Waals surface area (Å²) in [6.07, 6.45) is 0.447. The van der Waals surface area contributed by atoms with Crippen molar-refractivity contribution in [3.63, 3.8) is 0 Å². The number of hydrogen-bond donors (Lipinski definition) is 2. The summed E-state index contributed by atoms with van der Waals surface area (Å²) in [5, 5.41) is 20.7. The van der Waals surface area contributed by atoms with Crippen molar-refractivity contribution in [3.05, 3.63) is 69.8 Å². The number of hydrogen-bond acceptors (Lipinski definition) is 2. The summed E-state index contributed by atoms with van der Waals surface area (Å²) in [5.41, 5.74) is 6.02. The van der Waals surface area contributed by atoms with E-state index in [4.69, 9.17) is 0 Å². The Morgan fingerprint density at radius 1 is 0.862 bits per heavy atom. The molecule has 0 atom stereocenters. The summed E-state index contributed by atoms with van der Waals surface area (Å²) in [5.74, 6) is -0.738. The third-order valence-corrected chi connectivity index (χ3v) is 5.25. The molecule has 0 fully saturated rings. The van der Waals surface area contributed by atoms with Crippen LogP contribution in [0.25, 0.3) is 5.57 Å². The van der Waals surface area contributed by atoms with Gasteiger partial charge >= 0.3 is 5.97 Å². The second kappa shape index (κ2) is 7.70. The van der Waals surface area contributed by atoms with E-state index in [1.54, 1.807) is 0 Å². The molecule has 0 bridgehead atoms. The van der Waals surface area contributed by atoms with Crippen LogP contribution in [0.4, 0.5) is 0 Å². The number of rotatable bonds is 4. The monoisotopic (exact) mass is 394 g/mol. The van der Waals surface area contributed by atoms with Crippen LogP contribution in [0.1, 0.15) is 80.5 Å². The topological polar surface area (TPSA) is 57.5 Å². The molecule has 0 spiro atoms. The molecular weight excluding hydrogens is 360 g/mol. The van der Waals surface area contributed by atoms with Gasteiger partial charge in [0.25, 0.3) is 0 Å². The standard InChI is InChI=1S/C26H34O3/c1-15-10-18(22(17(3)24(28)29)20(12-15)25(4,5)6)14-19-11-16(2)13-21(23(19)27)26(7,8)9/h10-13,27H,3,14H2,1-2,4-9H3,(H,28,29). The van der Waals surface area contributed by atoms with E-state index >= 15 is 0 Å². The van der Waals surface area contributed by atoms with Gasteiger partial charge in [0.15, 0.2) is 0 Å². The zero-order chi connectivity index (χ0) is 22.3. The molecule has 0 aliphatic carbocycles. The molecule has 3 heteroatoms. The maximum atomic E-state index is 11.8. The summed E-state index contributed by atoms with van der Waals surface area (Å²) >= 11 is 0. The van der Waals surface area contributed by atoms with Crippen molar-refractivity contribution < 1.29 is 15.0 Å². The molecule has 0 heterocycles. The van der Waals surface area contributed by atoms with Crippen molar-refractivity contribution >= 4 is 11.5 Å². The Hall–Kier alpha value is -2.55. The molecule has 0 aliphatic rings. The van der Waals surface area contributed by atoms with Gasteiger partial charge in [-0.05, 0) is 52.5 Å². The van der Waals surface area contributed by atoms with E-state index in [2.05, 4.69) is 48.1 Å². The second-order valence-electron chi connectivity index (χ2n) is 10.1. The lowest BCUT2D eigenvalue weighted by Gasteiger charge is -2.27. The van der Waals surface area contributed by atoms with Crippen molar-refractivity contribution in [1.29, 1.82) is 0 Å². The Bertz CT molecular complexity index is 967. The van der Waals surface area contributed by atoms with Crippen molar-refractivity contribution in [2.24, 2.45) is 0 Å². The van der Waals surface area contributed by atoms with Gasteiger partial charge in [-0.3, -0.25) is 0 Å². The Labute approximate surface area is 175 Å². The summed E-state index contributed by atoms with van der Waals surface area (Å²) < 4.78 is 0. The van der Waals surface area contributed by atoms with Crippen LogP contribution in [0.15, 0.2) is 30.8 Å². The molecule has 0 aromatic heterocycles. The largest absolute Gasteiger partial charge is 0.507 e. The van der Waals surface area contributed by atoms with Crippen LogP contribution in [0.3, 0.4) is 0 Å². The van der Waals surface area contributed by atoms with E-state index in [0.717, 1.165) is 33.4 Å². The van der Waals surface area contributed by atoms with Gasteiger partial charge in [0, 0.05) is 6.42 Å². The Balaban J connectivity index is 2.77. The summed E-state index contributed by atoms with van der Waals surface area (Å²) in [6.45, 7) is 20.4. The molecule has 0 saturated heterocycles. The van der Waals surface area contributed by atoms with Crippen LogP contribution in [-0.2, 0) is 22.0 Å². The fraction of sp³-hybridized carbons (Fsp3) is 0.423. The first-order valence-corrected chi connectivity index (χ1v) is 10.0. The van der Waals surface area contributed by atoms with Crippen LogP contribution in [0, 0.1) is 13.8 Å². The van der Waals surface area contributed by atoms with Crippen LogP contribution in [0.5, 0.6) is 5.75 Å². The minimum absolute atomic E-state index is 0.0908. The average Bonchev–Trinajstić information content (AvgIpc) is 2.54. The molecule has 0 saturated carbocycles. The van der Waals surface area contributed by atoms with E-state index in [1.807, 2.05) is 38.1 Å². The van der Waals surface area contributed by atoms with Gasteiger partial charge in [0.2, 0.25) is 0 Å². The van der Waals surface area contributed by atoms with Gasteiger partial charge in [-0.25, -0.2) is 4.79 Å². The minimum atomic E-state index is -1.02. The highest BCUT2D eigenvalue weighted by atomic mass is 16.4. The Morgan fingerprint density at radius 2 is 1.31 bits per heavy atom. The molecule has 0 unspecified atom stereocenters. The molecule has 2 N–H and O–H groups in total. The minimum Gasteiger partial charge on any atom is -0.507 e. The van der Waals surface area contributed by atoms with Crippen LogP contribution in [-0.4, -0.2) is 16.2 Å². The van der Waals surface area contributed by atoms with Gasteiger partial charge in [-0.1, -0.05) is 83.5 Å². The van der Waals surface area contributed by atoms with Gasteiger partial charge < -0.3 is 10.2 Å². The highest BCUT2D eigenvalue weighted by Crippen LogP contribution is 2.38. The van der Waals surface area contributed by atoms with Crippen molar-refractivity contribution in [1.82, 2.24) is 0 Å². The lowest BCUT2D eigenvalue weighted by Crippen LogP contribution is -2.18. The highest BCUT2D eigenvalue weighted by Gasteiger charge is 2.26. The molecule has 3 nitrogen and oxygen atoms in total. The van der Waals surface area contributed by atoms with Crippen molar-refractivity contribution in [2.45, 2.75) is 72.6 Å². The zero-order valence-electron chi connectivity index (χ0n) is 19.0. The molecule has 0 aliphatic heterocycles. The number of aromatic hydroxyl groups is 1. The van der Waals surface area contributed by atoms with Gasteiger partial charge in [0.05, 0.1) is 5.57 Å². The quantitative estimate of drug-likeness (QED) is 0.599. The number of aliphatic carboxylic acids is 1. The average molecular weight is 395 g/mol. The fourth-order valence-corrected chi connectivity index (χ4v) is 3.82. The highest BCUT2D eigenvalue weighted by molar-refractivity contribution is 6.15. The lowest BCUT2D eigenvalue weighted by atomic mass is 9.77. The van der Waals surface area contributed by atoms with Crippen LogP contribution < -0.4 is 0 Å². The fourth-order valence-electron chi connectivity index (χ4n) is 3.82. The second-order valence-corrected chi connectivity index (χ2v) is 10.1. The summed E-state index contributed by atoms with van der Waals surface area (Å²) in [6, 6.07) is 8.06. The van der Waals surface area contributed by atoms with Gasteiger partial charge in [-0.2, -0.15) is 0 Å². The number of benzene rings is 2. The van der Waals surface area contributed by atoms with Gasteiger partial charge in [0.1, 0.15) is 5.75 Å². The molecule has 0 amide bonds. The van der Waals surface area contributed by atoms with E-state index in [0.29, 0.717) is 12.0 Å². The molecule has 2 rings (SSSR count). The van der Waals surface area contributed by atoms with E-state index in [9.17, 15) is 15.0 Å². The first-order valence-electron chi connectivity index (χ1n) is 10.0. The number of aryl methyl sites for hydroxylation is 2.